The van der Waals surface area contributed by atoms with Crippen molar-refractivity contribution in [2.75, 3.05) is 6.61 Å². The topological polar surface area (TPSA) is 52.6 Å². The molecular formula is C20H24O4. The molecule has 4 heteroatoms. The maximum Gasteiger partial charge on any atom is 0.359 e. The third kappa shape index (κ3) is 4.13. The first-order valence-corrected chi connectivity index (χ1v) is 8.48. The van der Waals surface area contributed by atoms with Gasteiger partial charge in [-0.15, -0.1) is 0 Å². The Kier molecular flexibility index (Phi) is 6.36. The number of rotatable bonds is 8. The highest BCUT2D eigenvalue weighted by atomic mass is 16.6. The average Bonchev–Trinajstić information content (AvgIpc) is 2.91. The van der Waals surface area contributed by atoms with Crippen molar-refractivity contribution in [3.63, 3.8) is 0 Å². The smallest absolute Gasteiger partial charge is 0.359 e. The van der Waals surface area contributed by atoms with Gasteiger partial charge in [-0.25, -0.2) is 9.59 Å². The van der Waals surface area contributed by atoms with Crippen LogP contribution in [0, 0.1) is 0 Å². The molecule has 0 aromatic heterocycles. The van der Waals surface area contributed by atoms with Crippen molar-refractivity contribution in [2.45, 2.75) is 45.1 Å². The fourth-order valence-electron chi connectivity index (χ4n) is 2.72. The zero-order valence-electron chi connectivity index (χ0n) is 14.3. The highest BCUT2D eigenvalue weighted by molar-refractivity contribution is 5.98. The second-order valence-corrected chi connectivity index (χ2v) is 5.75. The Morgan fingerprint density at radius 2 is 1.96 bits per heavy atom. The summed E-state index contributed by atoms with van der Waals surface area (Å²) in [4.78, 5) is 24.5. The van der Waals surface area contributed by atoms with E-state index in [1.807, 2.05) is 30.3 Å². The number of esters is 2. The number of benzene rings is 1. The van der Waals surface area contributed by atoms with Crippen molar-refractivity contribution in [3.05, 3.63) is 53.6 Å². The summed E-state index contributed by atoms with van der Waals surface area (Å²) in [5.41, 5.74) is 0.167. The lowest BCUT2D eigenvalue weighted by Gasteiger charge is -2.25. The fraction of sp³-hybridized carbons (Fsp3) is 0.400. The monoisotopic (exact) mass is 328 g/mol. The van der Waals surface area contributed by atoms with Crippen LogP contribution in [-0.4, -0.2) is 24.1 Å². The van der Waals surface area contributed by atoms with Gasteiger partial charge in [0.15, 0.2) is 0 Å². The van der Waals surface area contributed by atoms with Crippen LogP contribution in [-0.2, 0) is 19.1 Å². The Morgan fingerprint density at radius 1 is 1.21 bits per heavy atom. The molecule has 0 aliphatic carbocycles. The highest BCUT2D eigenvalue weighted by Gasteiger charge is 2.48. The first-order valence-electron chi connectivity index (χ1n) is 8.48. The minimum atomic E-state index is -1.43. The van der Waals surface area contributed by atoms with Gasteiger partial charge in [-0.1, -0.05) is 56.2 Å². The Labute approximate surface area is 143 Å². The zero-order valence-corrected chi connectivity index (χ0v) is 14.3. The summed E-state index contributed by atoms with van der Waals surface area (Å²) in [5, 5.41) is 0. The van der Waals surface area contributed by atoms with E-state index in [0.29, 0.717) is 12.0 Å². The number of cyclic esters (lactones) is 1. The number of unbranched alkanes of at least 4 members (excludes halogenated alkanes) is 2. The quantitative estimate of drug-likeness (QED) is 0.533. The largest absolute Gasteiger partial charge is 0.463 e. The molecule has 4 nitrogen and oxygen atoms in total. The van der Waals surface area contributed by atoms with Crippen LogP contribution < -0.4 is 0 Å². The molecule has 1 unspecified atom stereocenters. The van der Waals surface area contributed by atoms with E-state index in [9.17, 15) is 9.59 Å². The van der Waals surface area contributed by atoms with Gasteiger partial charge in [0.2, 0.25) is 5.60 Å². The third-order valence-corrected chi connectivity index (χ3v) is 3.97. The summed E-state index contributed by atoms with van der Waals surface area (Å²) >= 11 is 0. The molecule has 1 aliphatic rings. The van der Waals surface area contributed by atoms with Gasteiger partial charge < -0.3 is 9.47 Å². The summed E-state index contributed by atoms with van der Waals surface area (Å²) in [5.74, 6) is -1.03. The maximum absolute atomic E-state index is 12.6. The molecule has 1 aromatic rings. The van der Waals surface area contributed by atoms with Crippen molar-refractivity contribution >= 4 is 18.0 Å². The van der Waals surface area contributed by atoms with Crippen LogP contribution in [0.2, 0.25) is 0 Å². The van der Waals surface area contributed by atoms with Crippen molar-refractivity contribution in [2.24, 2.45) is 0 Å². The second kappa shape index (κ2) is 8.48. The van der Waals surface area contributed by atoms with Gasteiger partial charge in [0.1, 0.15) is 0 Å². The highest BCUT2D eigenvalue weighted by Crippen LogP contribution is 2.35. The molecule has 0 saturated heterocycles. The van der Waals surface area contributed by atoms with Gasteiger partial charge in [0.25, 0.3) is 0 Å². The van der Waals surface area contributed by atoms with Crippen LogP contribution >= 0.6 is 0 Å². The van der Waals surface area contributed by atoms with E-state index in [4.69, 9.17) is 9.47 Å². The van der Waals surface area contributed by atoms with Crippen molar-refractivity contribution in [1.82, 2.24) is 0 Å². The van der Waals surface area contributed by atoms with E-state index < -0.39 is 17.5 Å². The predicted molar refractivity (Wildman–Crippen MR) is 93.2 cm³/mol. The average molecular weight is 328 g/mol. The lowest BCUT2D eigenvalue weighted by Crippen LogP contribution is -2.41. The second-order valence-electron chi connectivity index (χ2n) is 5.75. The number of ether oxygens (including phenoxy) is 2. The Bertz CT molecular complexity index is 630. The molecule has 0 bridgehead atoms. The molecule has 0 radical (unpaired) electrons. The minimum Gasteiger partial charge on any atom is -0.463 e. The number of hydrogen-bond acceptors (Lipinski definition) is 4. The fourth-order valence-corrected chi connectivity index (χ4v) is 2.72. The summed E-state index contributed by atoms with van der Waals surface area (Å²) in [6.45, 7) is 4.09. The maximum atomic E-state index is 12.6. The Hall–Kier alpha value is -2.36. The van der Waals surface area contributed by atoms with Gasteiger partial charge in [0.05, 0.1) is 6.61 Å². The molecule has 0 amide bonds. The number of carbonyl (C=O) groups excluding carboxylic acids is 2. The normalized spacial score (nSPS) is 20.1. The van der Waals surface area contributed by atoms with Crippen LogP contribution in [0.1, 0.15) is 45.1 Å². The zero-order chi connectivity index (χ0) is 17.4. The van der Waals surface area contributed by atoms with Gasteiger partial charge in [-0.3, -0.25) is 0 Å². The Balaban J connectivity index is 2.32. The van der Waals surface area contributed by atoms with Crippen LogP contribution in [0.5, 0.6) is 0 Å². The molecule has 1 aromatic carbocycles. The lowest BCUT2D eigenvalue weighted by atomic mass is 9.89. The molecule has 0 fully saturated rings. The summed E-state index contributed by atoms with van der Waals surface area (Å²) in [6, 6.07) is 9.59. The first-order chi connectivity index (χ1) is 11.6. The Morgan fingerprint density at radius 3 is 2.62 bits per heavy atom. The summed E-state index contributed by atoms with van der Waals surface area (Å²) in [6.07, 6.45) is 8.51. The standard InChI is InChI=1S/C20H24O4/c1-3-5-7-12-17-15-18(21)24-20(17,19(22)23-4-2)14-13-16-10-8-6-9-11-16/h6,8-11,13-15H,3-5,7,12H2,1-2H3/b14-13+. The van der Waals surface area contributed by atoms with Crippen molar-refractivity contribution in [1.29, 1.82) is 0 Å². The van der Waals surface area contributed by atoms with Gasteiger partial charge in [-0.05, 0) is 37.0 Å². The molecule has 0 saturated carbocycles. The number of carbonyl (C=O) groups is 2. The number of hydrogen-bond donors (Lipinski definition) is 0. The van der Waals surface area contributed by atoms with E-state index >= 15 is 0 Å². The summed E-state index contributed by atoms with van der Waals surface area (Å²) in [7, 11) is 0. The molecule has 2 rings (SSSR count). The molecular weight excluding hydrogens is 304 g/mol. The van der Waals surface area contributed by atoms with Crippen molar-refractivity contribution in [3.8, 4) is 0 Å². The molecule has 1 atom stereocenters. The van der Waals surface area contributed by atoms with E-state index in [1.54, 1.807) is 19.1 Å². The summed E-state index contributed by atoms with van der Waals surface area (Å²) < 4.78 is 10.6. The van der Waals surface area contributed by atoms with E-state index in [-0.39, 0.29) is 6.61 Å². The van der Waals surface area contributed by atoms with E-state index in [2.05, 4.69) is 6.92 Å². The van der Waals surface area contributed by atoms with Gasteiger partial charge in [0, 0.05) is 6.08 Å². The molecule has 24 heavy (non-hydrogen) atoms. The molecule has 1 aliphatic heterocycles. The van der Waals surface area contributed by atoms with Crippen LogP contribution in [0.4, 0.5) is 0 Å². The van der Waals surface area contributed by atoms with Crippen molar-refractivity contribution < 1.29 is 19.1 Å². The van der Waals surface area contributed by atoms with E-state index in [1.165, 1.54) is 6.08 Å². The SMILES string of the molecule is CCCCCC1=CC(=O)OC1(/C=C/c1ccccc1)C(=O)OCC. The predicted octanol–water partition coefficient (Wildman–Crippen LogP) is 4.07. The molecule has 0 spiro atoms. The van der Waals surface area contributed by atoms with Crippen LogP contribution in [0.15, 0.2) is 48.1 Å². The molecule has 1 heterocycles. The van der Waals surface area contributed by atoms with Gasteiger partial charge in [-0.2, -0.15) is 0 Å². The first kappa shape index (κ1) is 18.0. The van der Waals surface area contributed by atoms with Crippen LogP contribution in [0.25, 0.3) is 6.08 Å². The third-order valence-electron chi connectivity index (χ3n) is 3.97. The molecule has 128 valence electrons. The van der Waals surface area contributed by atoms with Gasteiger partial charge >= 0.3 is 11.9 Å². The van der Waals surface area contributed by atoms with E-state index in [0.717, 1.165) is 24.8 Å². The van der Waals surface area contributed by atoms with Crippen LogP contribution in [0.3, 0.4) is 0 Å². The lowest BCUT2D eigenvalue weighted by molar-refractivity contribution is -0.167. The minimum absolute atomic E-state index is 0.236. The molecule has 0 N–H and O–H groups in total.